The van der Waals surface area contributed by atoms with Gasteiger partial charge in [-0.05, 0) is 31.2 Å². The molecule has 1 aromatic carbocycles. The summed E-state index contributed by atoms with van der Waals surface area (Å²) in [5.74, 6) is 0.927. The van der Waals surface area contributed by atoms with E-state index in [0.29, 0.717) is 0 Å². The molecule has 3 nitrogen and oxygen atoms in total. The Morgan fingerprint density at radius 2 is 2.06 bits per heavy atom. The molecule has 1 N–H and O–H groups in total. The first-order chi connectivity index (χ1) is 8.86. The summed E-state index contributed by atoms with van der Waals surface area (Å²) in [5, 5.41) is 4.30. The molecule has 0 spiro atoms. The van der Waals surface area contributed by atoms with Crippen LogP contribution in [-0.2, 0) is 6.54 Å². The molecule has 0 radical (unpaired) electrons. The molecule has 92 valence electrons. The van der Waals surface area contributed by atoms with Crippen LogP contribution >= 0.6 is 0 Å². The van der Waals surface area contributed by atoms with Crippen LogP contribution in [0.4, 0.5) is 0 Å². The Bertz CT molecular complexity index is 650. The summed E-state index contributed by atoms with van der Waals surface area (Å²) in [6, 6.07) is 6.20. The Labute approximate surface area is 106 Å². The van der Waals surface area contributed by atoms with E-state index in [9.17, 15) is 0 Å². The lowest BCUT2D eigenvalue weighted by molar-refractivity contribution is 0.420. The van der Waals surface area contributed by atoms with Gasteiger partial charge in [-0.25, -0.2) is 0 Å². The molecular formula is C15H16N2O. The molecule has 2 heterocycles. The van der Waals surface area contributed by atoms with Crippen molar-refractivity contribution in [2.75, 3.05) is 7.11 Å². The summed E-state index contributed by atoms with van der Waals surface area (Å²) in [6.45, 7) is 3.10. The highest BCUT2D eigenvalue weighted by Crippen LogP contribution is 2.35. The number of ether oxygens (including phenoxy) is 1. The summed E-state index contributed by atoms with van der Waals surface area (Å²) in [6.07, 6.45) is 8.12. The average Bonchev–Trinajstić information content (AvgIpc) is 2.56. The molecule has 2 aromatic rings. The van der Waals surface area contributed by atoms with E-state index >= 15 is 0 Å². The standard InChI is InChI=1S/C15H16N2O/c1-3-17-12-8-10-16-9-7-11(12)15-13(17)5-4-6-14(15)18-2/h4-10,16H,3H2,1-2H3. The van der Waals surface area contributed by atoms with Crippen LogP contribution in [0, 0.1) is 0 Å². The fourth-order valence-corrected chi connectivity index (χ4v) is 2.59. The Balaban J connectivity index is 2.46. The number of hydrogen-bond donors (Lipinski definition) is 1. The predicted octanol–water partition coefficient (Wildman–Crippen LogP) is 3.21. The van der Waals surface area contributed by atoms with Gasteiger partial charge in [-0.2, -0.15) is 0 Å². The molecule has 0 atom stereocenters. The first-order valence-electron chi connectivity index (χ1n) is 6.15. The molecule has 3 heteroatoms. The van der Waals surface area contributed by atoms with E-state index in [1.807, 2.05) is 24.5 Å². The average molecular weight is 240 g/mol. The first-order valence-corrected chi connectivity index (χ1v) is 6.15. The third-order valence-corrected chi connectivity index (χ3v) is 3.35. The second kappa shape index (κ2) is 4.26. The van der Waals surface area contributed by atoms with E-state index in [-0.39, 0.29) is 0 Å². The number of nitrogens with zero attached hydrogens (tertiary/aromatic N) is 1. The first kappa shape index (κ1) is 11.0. The zero-order valence-corrected chi connectivity index (χ0v) is 10.6. The number of hydrogen-bond acceptors (Lipinski definition) is 2. The molecule has 0 fully saturated rings. The summed E-state index contributed by atoms with van der Waals surface area (Å²) in [7, 11) is 1.72. The van der Waals surface area contributed by atoms with Gasteiger partial charge in [0.25, 0.3) is 0 Å². The summed E-state index contributed by atoms with van der Waals surface area (Å²) >= 11 is 0. The van der Waals surface area contributed by atoms with E-state index in [1.165, 1.54) is 22.2 Å². The van der Waals surface area contributed by atoms with Crippen molar-refractivity contribution in [1.82, 2.24) is 9.88 Å². The Kier molecular flexibility index (Phi) is 2.59. The van der Waals surface area contributed by atoms with Gasteiger partial charge in [-0.3, -0.25) is 0 Å². The van der Waals surface area contributed by atoms with Gasteiger partial charge in [0.1, 0.15) is 5.75 Å². The van der Waals surface area contributed by atoms with Crippen molar-refractivity contribution in [1.29, 1.82) is 0 Å². The lowest BCUT2D eigenvalue weighted by atomic mass is 10.1. The van der Waals surface area contributed by atoms with Crippen molar-refractivity contribution >= 4 is 23.1 Å². The summed E-state index contributed by atoms with van der Waals surface area (Å²) in [5.41, 5.74) is 3.65. The van der Waals surface area contributed by atoms with E-state index in [1.54, 1.807) is 7.11 Å². The maximum absolute atomic E-state index is 5.50. The fourth-order valence-electron chi connectivity index (χ4n) is 2.59. The molecule has 0 amide bonds. The van der Waals surface area contributed by atoms with E-state index < -0.39 is 0 Å². The smallest absolute Gasteiger partial charge is 0.128 e. The zero-order valence-electron chi connectivity index (χ0n) is 10.6. The predicted molar refractivity (Wildman–Crippen MR) is 75.4 cm³/mol. The molecule has 0 unspecified atom stereocenters. The Morgan fingerprint density at radius 3 is 2.83 bits per heavy atom. The molecule has 0 saturated heterocycles. The second-order valence-corrected chi connectivity index (χ2v) is 4.23. The zero-order chi connectivity index (χ0) is 12.5. The Hall–Kier alpha value is -2.16. The van der Waals surface area contributed by atoms with Gasteiger partial charge in [-0.1, -0.05) is 6.07 Å². The van der Waals surface area contributed by atoms with Gasteiger partial charge < -0.3 is 14.6 Å². The Morgan fingerprint density at radius 1 is 1.22 bits per heavy atom. The van der Waals surface area contributed by atoms with Crippen molar-refractivity contribution in [2.24, 2.45) is 0 Å². The molecule has 0 aliphatic carbocycles. The van der Waals surface area contributed by atoms with Crippen LogP contribution in [0.5, 0.6) is 5.75 Å². The van der Waals surface area contributed by atoms with Crippen LogP contribution < -0.4 is 10.1 Å². The molecular weight excluding hydrogens is 224 g/mol. The second-order valence-electron chi connectivity index (χ2n) is 4.23. The highest BCUT2D eigenvalue weighted by Gasteiger charge is 2.16. The van der Waals surface area contributed by atoms with Crippen molar-refractivity contribution in [2.45, 2.75) is 13.5 Å². The number of rotatable bonds is 2. The maximum atomic E-state index is 5.50. The molecule has 1 aliphatic heterocycles. The third-order valence-electron chi connectivity index (χ3n) is 3.35. The molecule has 1 aliphatic rings. The third kappa shape index (κ3) is 1.44. The number of nitrogens with one attached hydrogen (secondary N) is 1. The van der Waals surface area contributed by atoms with Gasteiger partial charge in [-0.15, -0.1) is 0 Å². The van der Waals surface area contributed by atoms with Crippen molar-refractivity contribution < 1.29 is 4.74 Å². The molecule has 1 aromatic heterocycles. The van der Waals surface area contributed by atoms with Crippen molar-refractivity contribution in [3.8, 4) is 5.75 Å². The lowest BCUT2D eigenvalue weighted by Gasteiger charge is -2.05. The molecule has 18 heavy (non-hydrogen) atoms. The topological polar surface area (TPSA) is 26.2 Å². The SMILES string of the molecule is CCn1c2c(c3c(OC)cccc31)C=CNC=C2. The molecule has 3 rings (SSSR count). The van der Waals surface area contributed by atoms with Gasteiger partial charge in [0.15, 0.2) is 0 Å². The van der Waals surface area contributed by atoms with E-state index in [4.69, 9.17) is 4.74 Å². The van der Waals surface area contributed by atoms with Gasteiger partial charge >= 0.3 is 0 Å². The highest BCUT2D eigenvalue weighted by atomic mass is 16.5. The van der Waals surface area contributed by atoms with E-state index in [0.717, 1.165) is 12.3 Å². The van der Waals surface area contributed by atoms with Gasteiger partial charge in [0.2, 0.25) is 0 Å². The van der Waals surface area contributed by atoms with Crippen LogP contribution in [-0.4, -0.2) is 11.7 Å². The quantitative estimate of drug-likeness (QED) is 0.872. The van der Waals surface area contributed by atoms with Crippen LogP contribution in [0.25, 0.3) is 23.1 Å². The normalized spacial score (nSPS) is 13.2. The minimum Gasteiger partial charge on any atom is -0.496 e. The van der Waals surface area contributed by atoms with Gasteiger partial charge in [0.05, 0.1) is 18.3 Å². The largest absolute Gasteiger partial charge is 0.496 e. The number of fused-ring (bicyclic) bond motifs is 3. The lowest BCUT2D eigenvalue weighted by Crippen LogP contribution is -1.97. The molecule has 0 saturated carbocycles. The maximum Gasteiger partial charge on any atom is 0.128 e. The number of aromatic nitrogens is 1. The van der Waals surface area contributed by atoms with Crippen LogP contribution in [0.15, 0.2) is 30.6 Å². The van der Waals surface area contributed by atoms with Crippen LogP contribution in [0.1, 0.15) is 18.2 Å². The van der Waals surface area contributed by atoms with Crippen molar-refractivity contribution in [3.05, 3.63) is 41.9 Å². The fraction of sp³-hybridized carbons (Fsp3) is 0.200. The summed E-state index contributed by atoms with van der Waals surface area (Å²) in [4.78, 5) is 0. The van der Waals surface area contributed by atoms with Gasteiger partial charge in [0, 0.05) is 29.9 Å². The van der Waals surface area contributed by atoms with E-state index in [2.05, 4.69) is 35.0 Å². The number of methoxy groups -OCH3 is 1. The summed E-state index contributed by atoms with van der Waals surface area (Å²) < 4.78 is 7.81. The van der Waals surface area contributed by atoms with Crippen molar-refractivity contribution in [3.63, 3.8) is 0 Å². The van der Waals surface area contributed by atoms with Crippen LogP contribution in [0.3, 0.4) is 0 Å². The molecule has 0 bridgehead atoms. The monoisotopic (exact) mass is 240 g/mol. The number of benzene rings is 1. The number of aryl methyl sites for hydroxylation is 1. The minimum atomic E-state index is 0.927. The highest BCUT2D eigenvalue weighted by molar-refractivity contribution is 5.98. The minimum absolute atomic E-state index is 0.927. The van der Waals surface area contributed by atoms with Crippen LogP contribution in [0.2, 0.25) is 0 Å².